The van der Waals surface area contributed by atoms with Crippen LogP contribution in [0.25, 0.3) is 10.8 Å². The fraction of sp³-hybridized carbons (Fsp3) is 0.130. The third kappa shape index (κ3) is 5.20. The van der Waals surface area contributed by atoms with Crippen molar-refractivity contribution < 1.29 is 19.1 Å². The van der Waals surface area contributed by atoms with Gasteiger partial charge in [-0.25, -0.2) is 0 Å². The number of carbonyl (C=O) groups excluding carboxylic acids is 3. The van der Waals surface area contributed by atoms with Crippen molar-refractivity contribution >= 4 is 34.2 Å². The lowest BCUT2D eigenvalue weighted by Crippen LogP contribution is -2.35. The van der Waals surface area contributed by atoms with Crippen LogP contribution in [0.4, 0.5) is 5.69 Å². The monoisotopic (exact) mass is 401 g/mol. The first-order valence-electron chi connectivity index (χ1n) is 9.24. The average molecular weight is 401 g/mol. The number of hydrogen-bond donors (Lipinski definition) is 2. The zero-order chi connectivity index (χ0) is 21.5. The first-order valence-corrected chi connectivity index (χ1v) is 9.24. The van der Waals surface area contributed by atoms with Gasteiger partial charge in [0, 0.05) is 11.3 Å². The second kappa shape index (κ2) is 9.34. The van der Waals surface area contributed by atoms with Crippen molar-refractivity contribution in [1.82, 2.24) is 5.32 Å². The molecule has 7 nitrogen and oxygen atoms in total. The molecule has 0 aromatic heterocycles. The summed E-state index contributed by atoms with van der Waals surface area (Å²) in [5.74, 6) is -1.69. The molecule has 30 heavy (non-hydrogen) atoms. The molecule has 0 saturated carbocycles. The number of benzene rings is 3. The van der Waals surface area contributed by atoms with Crippen LogP contribution in [0.3, 0.4) is 0 Å². The number of rotatable bonds is 6. The predicted molar refractivity (Wildman–Crippen MR) is 112 cm³/mol. The molecule has 2 N–H and O–H groups in total. The highest BCUT2D eigenvalue weighted by Gasteiger charge is 2.19. The van der Waals surface area contributed by atoms with Crippen molar-refractivity contribution in [3.05, 3.63) is 77.9 Å². The highest BCUT2D eigenvalue weighted by molar-refractivity contribution is 6.00. The fourth-order valence-corrected chi connectivity index (χ4v) is 2.79. The molecule has 0 saturated heterocycles. The van der Waals surface area contributed by atoms with E-state index in [1.165, 1.54) is 13.0 Å². The van der Waals surface area contributed by atoms with Gasteiger partial charge in [-0.05, 0) is 48.0 Å². The highest BCUT2D eigenvalue weighted by Crippen LogP contribution is 2.15. The molecule has 150 valence electrons. The van der Waals surface area contributed by atoms with E-state index >= 15 is 0 Å². The van der Waals surface area contributed by atoms with E-state index in [4.69, 9.17) is 10.00 Å². The van der Waals surface area contributed by atoms with Crippen molar-refractivity contribution in [2.45, 2.75) is 13.0 Å². The molecule has 0 unspecified atom stereocenters. The Morgan fingerprint density at radius 2 is 1.77 bits per heavy atom. The number of nitriles is 1. The van der Waals surface area contributed by atoms with Gasteiger partial charge < -0.3 is 15.4 Å². The summed E-state index contributed by atoms with van der Waals surface area (Å²) in [6.45, 7) is 1.06. The normalized spacial score (nSPS) is 11.2. The molecule has 1 atom stereocenters. The third-order valence-electron chi connectivity index (χ3n) is 4.34. The first-order chi connectivity index (χ1) is 14.5. The molecule has 0 spiro atoms. The van der Waals surface area contributed by atoms with Crippen LogP contribution < -0.4 is 10.6 Å². The number of nitrogens with one attached hydrogen (secondary N) is 2. The van der Waals surface area contributed by atoms with Crippen LogP contribution in [0.2, 0.25) is 0 Å². The van der Waals surface area contributed by atoms with Gasteiger partial charge in [0.2, 0.25) is 0 Å². The van der Waals surface area contributed by atoms with Crippen molar-refractivity contribution in [1.29, 1.82) is 5.26 Å². The molecule has 3 aromatic carbocycles. The lowest BCUT2D eigenvalue weighted by atomic mass is 10.1. The number of fused-ring (bicyclic) bond motifs is 1. The number of hydrogen-bond acceptors (Lipinski definition) is 5. The summed E-state index contributed by atoms with van der Waals surface area (Å²) in [7, 11) is 0. The van der Waals surface area contributed by atoms with E-state index < -0.39 is 23.9 Å². The van der Waals surface area contributed by atoms with Gasteiger partial charge >= 0.3 is 5.97 Å². The second-order valence-electron chi connectivity index (χ2n) is 6.56. The molecule has 7 heteroatoms. The van der Waals surface area contributed by atoms with Crippen LogP contribution in [0, 0.1) is 11.3 Å². The molecule has 0 heterocycles. The van der Waals surface area contributed by atoms with E-state index in [0.717, 1.165) is 10.8 Å². The number of nitrogens with zero attached hydrogens (tertiary/aromatic N) is 1. The molecule has 0 radical (unpaired) electrons. The van der Waals surface area contributed by atoms with E-state index in [-0.39, 0.29) is 6.54 Å². The van der Waals surface area contributed by atoms with Gasteiger partial charge in [0.25, 0.3) is 11.8 Å². The minimum atomic E-state index is -1.07. The van der Waals surface area contributed by atoms with Gasteiger partial charge in [-0.15, -0.1) is 0 Å². The Morgan fingerprint density at radius 1 is 1.00 bits per heavy atom. The summed E-state index contributed by atoms with van der Waals surface area (Å²) >= 11 is 0. The van der Waals surface area contributed by atoms with Crippen LogP contribution in [0.5, 0.6) is 0 Å². The minimum absolute atomic E-state index is 0.368. The van der Waals surface area contributed by atoms with Gasteiger partial charge in [-0.1, -0.05) is 36.4 Å². The number of carbonyl (C=O) groups is 3. The minimum Gasteiger partial charge on any atom is -0.451 e. The smallest absolute Gasteiger partial charge is 0.326 e. The fourth-order valence-electron chi connectivity index (χ4n) is 2.79. The number of esters is 1. The van der Waals surface area contributed by atoms with Crippen LogP contribution in [-0.4, -0.2) is 30.4 Å². The van der Waals surface area contributed by atoms with Crippen LogP contribution in [-0.2, 0) is 14.3 Å². The summed E-state index contributed by atoms with van der Waals surface area (Å²) < 4.78 is 5.07. The quantitative estimate of drug-likeness (QED) is 0.617. The molecule has 0 aliphatic heterocycles. The Morgan fingerprint density at radius 3 is 2.53 bits per heavy atom. The average Bonchev–Trinajstić information content (AvgIpc) is 2.77. The Labute approximate surface area is 173 Å². The van der Waals surface area contributed by atoms with Crippen LogP contribution in [0.1, 0.15) is 22.8 Å². The van der Waals surface area contributed by atoms with Gasteiger partial charge in [0.15, 0.2) is 6.10 Å². The predicted octanol–water partition coefficient (Wildman–Crippen LogP) is 3.01. The lowest BCUT2D eigenvalue weighted by molar-refractivity contribution is -0.152. The Kier molecular flexibility index (Phi) is 6.40. The van der Waals surface area contributed by atoms with Crippen molar-refractivity contribution in [2.75, 3.05) is 11.9 Å². The highest BCUT2D eigenvalue weighted by atomic mass is 16.5. The largest absolute Gasteiger partial charge is 0.451 e. The maximum absolute atomic E-state index is 12.3. The summed E-state index contributed by atoms with van der Waals surface area (Å²) in [5.41, 5.74) is 1.24. The van der Waals surface area contributed by atoms with Gasteiger partial charge in [0.05, 0.1) is 11.6 Å². The molecule has 2 amide bonds. The second-order valence-corrected chi connectivity index (χ2v) is 6.56. The Bertz CT molecular complexity index is 1150. The zero-order valence-corrected chi connectivity index (χ0v) is 16.2. The van der Waals surface area contributed by atoms with Gasteiger partial charge in [-0.3, -0.25) is 14.4 Å². The maximum Gasteiger partial charge on any atom is 0.326 e. The standard InChI is InChI=1S/C23H19N3O4/c1-15(22(28)26-20-8-4-5-16(11-20)13-24)30-21(27)14-25-23(29)19-10-9-17-6-2-3-7-18(17)12-19/h2-12,15H,14H2,1H3,(H,25,29)(H,26,28)/t15-/m0/s1. The molecule has 0 fully saturated rings. The lowest BCUT2D eigenvalue weighted by Gasteiger charge is -2.14. The van der Waals surface area contributed by atoms with E-state index in [0.29, 0.717) is 16.8 Å². The maximum atomic E-state index is 12.3. The third-order valence-corrected chi connectivity index (χ3v) is 4.34. The number of ether oxygens (including phenoxy) is 1. The number of amides is 2. The summed E-state index contributed by atoms with van der Waals surface area (Å²) in [6, 6.07) is 21.2. The van der Waals surface area contributed by atoms with Crippen molar-refractivity contribution in [3.8, 4) is 6.07 Å². The topological polar surface area (TPSA) is 108 Å². The molecular formula is C23H19N3O4. The van der Waals surface area contributed by atoms with Crippen molar-refractivity contribution in [3.63, 3.8) is 0 Å². The van der Waals surface area contributed by atoms with Gasteiger partial charge in [0.1, 0.15) is 6.54 Å². The Balaban J connectivity index is 1.50. The summed E-state index contributed by atoms with van der Waals surface area (Å²) in [6.07, 6.45) is -1.07. The van der Waals surface area contributed by atoms with E-state index in [9.17, 15) is 14.4 Å². The van der Waals surface area contributed by atoms with E-state index in [1.54, 1.807) is 30.3 Å². The molecule has 0 aliphatic carbocycles. The molecular weight excluding hydrogens is 382 g/mol. The summed E-state index contributed by atoms with van der Waals surface area (Å²) in [5, 5.41) is 15.9. The SMILES string of the molecule is C[C@H](OC(=O)CNC(=O)c1ccc2ccccc2c1)C(=O)Nc1cccc(C#N)c1. The first kappa shape index (κ1) is 20.6. The van der Waals surface area contributed by atoms with Crippen LogP contribution in [0.15, 0.2) is 66.7 Å². The Hall–Kier alpha value is -4.18. The molecule has 3 aromatic rings. The van der Waals surface area contributed by atoms with E-state index in [1.807, 2.05) is 36.4 Å². The molecule has 0 aliphatic rings. The summed E-state index contributed by atoms with van der Waals surface area (Å²) in [4.78, 5) is 36.5. The van der Waals surface area contributed by atoms with E-state index in [2.05, 4.69) is 10.6 Å². The van der Waals surface area contributed by atoms with Crippen molar-refractivity contribution in [2.24, 2.45) is 0 Å². The molecule has 0 bridgehead atoms. The van der Waals surface area contributed by atoms with Gasteiger partial charge in [-0.2, -0.15) is 5.26 Å². The zero-order valence-electron chi connectivity index (χ0n) is 16.2. The number of anilines is 1. The molecule has 3 rings (SSSR count). The van der Waals surface area contributed by atoms with Crippen LogP contribution >= 0.6 is 0 Å².